The summed E-state index contributed by atoms with van der Waals surface area (Å²) in [5.74, 6) is 0. The molecule has 1 unspecified atom stereocenters. The van der Waals surface area contributed by atoms with E-state index in [1.165, 1.54) is 15.6 Å². The summed E-state index contributed by atoms with van der Waals surface area (Å²) in [6, 6.07) is 1.85. The normalized spacial score (nSPS) is 21.4. The Morgan fingerprint density at radius 2 is 2.32 bits per heavy atom. The number of likely N-dealkylation sites (tertiary alicyclic amines) is 1. The van der Waals surface area contributed by atoms with Crippen LogP contribution >= 0.6 is 11.3 Å². The Kier molecular flexibility index (Phi) is 4.62. The van der Waals surface area contributed by atoms with Gasteiger partial charge >= 0.3 is 0 Å². The van der Waals surface area contributed by atoms with Gasteiger partial charge in [-0.05, 0) is 32.5 Å². The van der Waals surface area contributed by atoms with E-state index in [9.17, 15) is 8.42 Å². The average Bonchev–Trinajstić information content (AvgIpc) is 2.99. The molecule has 19 heavy (non-hydrogen) atoms. The second-order valence-electron chi connectivity index (χ2n) is 4.97. The Bertz CT molecular complexity index is 527. The van der Waals surface area contributed by atoms with Gasteiger partial charge in [-0.15, -0.1) is 11.3 Å². The molecule has 1 aromatic heterocycles. The lowest BCUT2D eigenvalue weighted by Gasteiger charge is -2.25. The fourth-order valence-electron chi connectivity index (χ4n) is 2.36. The van der Waals surface area contributed by atoms with Crippen LogP contribution in [0.2, 0.25) is 0 Å². The van der Waals surface area contributed by atoms with Crippen LogP contribution in [0.25, 0.3) is 0 Å². The summed E-state index contributed by atoms with van der Waals surface area (Å²) < 4.78 is 26.2. The smallest absolute Gasteiger partial charge is 0.243 e. The van der Waals surface area contributed by atoms with Crippen molar-refractivity contribution < 1.29 is 13.5 Å². The molecule has 1 aliphatic rings. The largest absolute Gasteiger partial charge is 0.391 e. The van der Waals surface area contributed by atoms with Crippen molar-refractivity contribution in [3.05, 3.63) is 16.3 Å². The van der Waals surface area contributed by atoms with Crippen molar-refractivity contribution in [3.8, 4) is 0 Å². The van der Waals surface area contributed by atoms with E-state index in [0.717, 1.165) is 19.4 Å². The zero-order valence-corrected chi connectivity index (χ0v) is 12.9. The van der Waals surface area contributed by atoms with E-state index in [-0.39, 0.29) is 11.5 Å². The van der Waals surface area contributed by atoms with Crippen molar-refractivity contribution in [3.63, 3.8) is 0 Å². The van der Waals surface area contributed by atoms with Crippen LogP contribution in [-0.4, -0.2) is 56.0 Å². The lowest BCUT2D eigenvalue weighted by Crippen LogP contribution is -2.39. The van der Waals surface area contributed by atoms with Gasteiger partial charge in [-0.1, -0.05) is 0 Å². The zero-order chi connectivity index (χ0) is 14.0. The monoisotopic (exact) mass is 304 g/mol. The molecular weight excluding hydrogens is 284 g/mol. The molecule has 0 saturated carbocycles. The quantitative estimate of drug-likeness (QED) is 0.880. The summed E-state index contributed by atoms with van der Waals surface area (Å²) >= 11 is 1.27. The molecule has 1 N–H and O–H groups in total. The zero-order valence-electron chi connectivity index (χ0n) is 11.2. The van der Waals surface area contributed by atoms with Crippen molar-refractivity contribution in [1.82, 2.24) is 9.21 Å². The van der Waals surface area contributed by atoms with E-state index < -0.39 is 10.0 Å². The first-order valence-corrected chi connectivity index (χ1v) is 8.62. The van der Waals surface area contributed by atoms with Gasteiger partial charge in [0, 0.05) is 29.9 Å². The molecule has 0 bridgehead atoms. The van der Waals surface area contributed by atoms with E-state index in [1.807, 2.05) is 7.05 Å². The fraction of sp³-hybridized carbons (Fsp3) is 0.667. The topological polar surface area (TPSA) is 60.9 Å². The van der Waals surface area contributed by atoms with Crippen molar-refractivity contribution in [2.45, 2.75) is 30.4 Å². The molecule has 7 heteroatoms. The second-order valence-corrected chi connectivity index (χ2v) is 8.01. The minimum atomic E-state index is -3.43. The number of rotatable bonds is 5. The number of aliphatic hydroxyl groups excluding tert-OH is 1. The number of hydrogen-bond acceptors (Lipinski definition) is 5. The van der Waals surface area contributed by atoms with Crippen LogP contribution in [0.15, 0.2) is 16.3 Å². The third kappa shape index (κ3) is 3.17. The lowest BCUT2D eigenvalue weighted by atomic mass is 10.2. The van der Waals surface area contributed by atoms with Crippen molar-refractivity contribution >= 4 is 21.4 Å². The Morgan fingerprint density at radius 1 is 1.58 bits per heavy atom. The maximum atomic E-state index is 12.4. The highest BCUT2D eigenvalue weighted by atomic mass is 32.2. The molecule has 0 aliphatic carbocycles. The van der Waals surface area contributed by atoms with Gasteiger partial charge in [0.1, 0.15) is 0 Å². The molecule has 1 atom stereocenters. The first-order valence-electron chi connectivity index (χ1n) is 6.30. The molecule has 2 heterocycles. The van der Waals surface area contributed by atoms with Crippen molar-refractivity contribution in [2.75, 3.05) is 27.2 Å². The highest BCUT2D eigenvalue weighted by molar-refractivity contribution is 7.89. The molecule has 1 aliphatic heterocycles. The minimum absolute atomic E-state index is 0.116. The van der Waals surface area contributed by atoms with E-state index in [2.05, 4.69) is 4.90 Å². The standard InChI is InChI=1S/C12H20N2O3S2/c1-13-5-3-4-10(13)7-14(2)19(16,17)12-6-11(8-15)18-9-12/h6,9-10,15H,3-5,7-8H2,1-2H3. The third-order valence-corrected chi connectivity index (χ3v) is 6.50. The molecule has 0 aromatic carbocycles. The van der Waals surface area contributed by atoms with Gasteiger partial charge in [0.15, 0.2) is 0 Å². The fourth-order valence-corrected chi connectivity index (χ4v) is 4.69. The Morgan fingerprint density at radius 3 is 2.84 bits per heavy atom. The molecule has 0 amide bonds. The Hall–Kier alpha value is -0.470. The van der Waals surface area contributed by atoms with E-state index in [0.29, 0.717) is 17.5 Å². The van der Waals surface area contributed by atoms with Gasteiger partial charge in [0.2, 0.25) is 10.0 Å². The number of aliphatic hydroxyl groups is 1. The van der Waals surface area contributed by atoms with Gasteiger partial charge in [0.25, 0.3) is 0 Å². The van der Waals surface area contributed by atoms with Crippen LogP contribution in [-0.2, 0) is 16.6 Å². The summed E-state index contributed by atoms with van der Waals surface area (Å²) in [4.78, 5) is 3.16. The third-order valence-electron chi connectivity index (χ3n) is 3.63. The van der Waals surface area contributed by atoms with Gasteiger partial charge in [-0.3, -0.25) is 0 Å². The van der Waals surface area contributed by atoms with Crippen molar-refractivity contribution in [1.29, 1.82) is 0 Å². The minimum Gasteiger partial charge on any atom is -0.391 e. The number of nitrogens with zero attached hydrogens (tertiary/aromatic N) is 2. The first kappa shape index (κ1) is 14.9. The number of sulfonamides is 1. The molecule has 5 nitrogen and oxygen atoms in total. The first-order chi connectivity index (χ1) is 8.95. The van der Waals surface area contributed by atoms with E-state index in [4.69, 9.17) is 5.11 Å². The van der Waals surface area contributed by atoms with Gasteiger partial charge in [-0.2, -0.15) is 4.31 Å². The van der Waals surface area contributed by atoms with Gasteiger partial charge < -0.3 is 10.0 Å². The van der Waals surface area contributed by atoms with Crippen LogP contribution < -0.4 is 0 Å². The number of thiophene rings is 1. The molecule has 1 fully saturated rings. The van der Waals surface area contributed by atoms with Crippen LogP contribution in [0.1, 0.15) is 17.7 Å². The summed E-state index contributed by atoms with van der Waals surface area (Å²) in [7, 11) is 0.224. The average molecular weight is 304 g/mol. The van der Waals surface area contributed by atoms with Crippen LogP contribution in [0.4, 0.5) is 0 Å². The number of likely N-dealkylation sites (N-methyl/N-ethyl adjacent to an activating group) is 2. The Labute approximate surface area is 118 Å². The number of hydrogen-bond donors (Lipinski definition) is 1. The molecule has 108 valence electrons. The SMILES string of the molecule is CN1CCCC1CN(C)S(=O)(=O)c1csc(CO)c1. The Balaban J connectivity index is 2.10. The maximum absolute atomic E-state index is 12.4. The highest BCUT2D eigenvalue weighted by Gasteiger charge is 2.28. The summed E-state index contributed by atoms with van der Waals surface area (Å²) in [5.41, 5.74) is 0. The summed E-state index contributed by atoms with van der Waals surface area (Å²) in [5, 5.41) is 10.6. The predicted molar refractivity (Wildman–Crippen MR) is 75.7 cm³/mol. The maximum Gasteiger partial charge on any atom is 0.243 e. The van der Waals surface area contributed by atoms with Crippen LogP contribution in [0.3, 0.4) is 0 Å². The van der Waals surface area contributed by atoms with Crippen LogP contribution in [0.5, 0.6) is 0 Å². The second kappa shape index (κ2) is 5.88. The van der Waals surface area contributed by atoms with E-state index in [1.54, 1.807) is 18.5 Å². The summed E-state index contributed by atoms with van der Waals surface area (Å²) in [6.07, 6.45) is 2.17. The van der Waals surface area contributed by atoms with Gasteiger partial charge in [0.05, 0.1) is 11.5 Å². The molecule has 1 aromatic rings. The van der Waals surface area contributed by atoms with Gasteiger partial charge in [-0.25, -0.2) is 8.42 Å². The molecule has 0 spiro atoms. The summed E-state index contributed by atoms with van der Waals surface area (Å²) in [6.45, 7) is 1.43. The van der Waals surface area contributed by atoms with E-state index >= 15 is 0 Å². The van der Waals surface area contributed by atoms with Crippen molar-refractivity contribution in [2.24, 2.45) is 0 Å². The molecule has 1 saturated heterocycles. The van der Waals surface area contributed by atoms with Crippen LogP contribution in [0, 0.1) is 0 Å². The molecule has 0 radical (unpaired) electrons. The highest BCUT2D eigenvalue weighted by Crippen LogP contribution is 2.24. The predicted octanol–water partition coefficient (Wildman–Crippen LogP) is 0.955. The molecular formula is C12H20N2O3S2. The lowest BCUT2D eigenvalue weighted by molar-refractivity contribution is 0.271. The molecule has 2 rings (SSSR count).